The van der Waals surface area contributed by atoms with Crippen molar-refractivity contribution in [3.05, 3.63) is 48.1 Å². The predicted molar refractivity (Wildman–Crippen MR) is 82.1 cm³/mol. The number of hydrogen-bond donors (Lipinski definition) is 3. The molecule has 1 amide bonds. The van der Waals surface area contributed by atoms with E-state index in [4.69, 9.17) is 0 Å². The van der Waals surface area contributed by atoms with Crippen molar-refractivity contribution in [1.82, 2.24) is 15.0 Å². The molecule has 8 heteroatoms. The van der Waals surface area contributed by atoms with Gasteiger partial charge in [0.25, 0.3) is 0 Å². The Bertz CT molecular complexity index is 812. The Morgan fingerprint density at radius 1 is 1.41 bits per heavy atom. The van der Waals surface area contributed by atoms with Gasteiger partial charge in [-0.1, -0.05) is 0 Å². The molecule has 2 aromatic rings. The van der Waals surface area contributed by atoms with E-state index >= 15 is 0 Å². The quantitative estimate of drug-likeness (QED) is 0.693. The minimum Gasteiger partial charge on any atom is -0.361 e. The first-order chi connectivity index (χ1) is 10.3. The van der Waals surface area contributed by atoms with Crippen LogP contribution in [0.4, 0.5) is 4.39 Å². The molecule has 0 atom stereocenters. The number of H-pyrrole nitrogens is 1. The molecule has 0 aliphatic heterocycles. The third-order valence-electron chi connectivity index (χ3n) is 2.94. The molecule has 1 aromatic carbocycles. The van der Waals surface area contributed by atoms with Crippen molar-refractivity contribution < 1.29 is 17.6 Å². The largest absolute Gasteiger partial charge is 0.361 e. The van der Waals surface area contributed by atoms with Crippen molar-refractivity contribution in [3.8, 4) is 0 Å². The SMILES string of the molecule is CS(=O)(=O)NC=CC(=O)NCCc1c[nH]c2cc(F)ccc12. The molecule has 0 saturated heterocycles. The highest BCUT2D eigenvalue weighted by molar-refractivity contribution is 7.88. The van der Waals surface area contributed by atoms with Crippen molar-refractivity contribution in [2.45, 2.75) is 6.42 Å². The molecule has 0 spiro atoms. The van der Waals surface area contributed by atoms with Crippen LogP contribution in [-0.4, -0.2) is 32.1 Å². The van der Waals surface area contributed by atoms with Gasteiger partial charge in [0.15, 0.2) is 0 Å². The summed E-state index contributed by atoms with van der Waals surface area (Å²) in [6, 6.07) is 4.49. The van der Waals surface area contributed by atoms with E-state index in [9.17, 15) is 17.6 Å². The Balaban J connectivity index is 1.86. The summed E-state index contributed by atoms with van der Waals surface area (Å²) < 4.78 is 36.8. The second kappa shape index (κ2) is 6.61. The minimum atomic E-state index is -3.36. The molecular weight excluding hydrogens is 309 g/mol. The molecule has 0 radical (unpaired) electrons. The molecule has 0 aliphatic carbocycles. The topological polar surface area (TPSA) is 91.1 Å². The molecule has 2 rings (SSSR count). The van der Waals surface area contributed by atoms with Gasteiger partial charge in [0, 0.05) is 35.9 Å². The van der Waals surface area contributed by atoms with Crippen LogP contribution in [0.2, 0.25) is 0 Å². The van der Waals surface area contributed by atoms with Crippen LogP contribution in [0.25, 0.3) is 10.9 Å². The minimum absolute atomic E-state index is 0.308. The highest BCUT2D eigenvalue weighted by atomic mass is 32.2. The number of hydrogen-bond acceptors (Lipinski definition) is 3. The zero-order chi connectivity index (χ0) is 16.2. The number of carbonyl (C=O) groups is 1. The van der Waals surface area contributed by atoms with Crippen LogP contribution in [0, 0.1) is 5.82 Å². The summed E-state index contributed by atoms with van der Waals surface area (Å²) in [6.45, 7) is 0.381. The zero-order valence-electron chi connectivity index (χ0n) is 11.9. The summed E-state index contributed by atoms with van der Waals surface area (Å²) in [6.07, 6.45) is 5.52. The van der Waals surface area contributed by atoms with E-state index in [-0.39, 0.29) is 5.82 Å². The van der Waals surface area contributed by atoms with Gasteiger partial charge >= 0.3 is 0 Å². The van der Waals surface area contributed by atoms with Crippen molar-refractivity contribution in [2.75, 3.05) is 12.8 Å². The van der Waals surface area contributed by atoms with Crippen LogP contribution >= 0.6 is 0 Å². The fourth-order valence-corrected chi connectivity index (χ4v) is 2.29. The van der Waals surface area contributed by atoms with Gasteiger partial charge in [0.05, 0.1) is 6.26 Å². The van der Waals surface area contributed by atoms with Gasteiger partial charge < -0.3 is 10.3 Å². The average molecular weight is 325 g/mol. The Morgan fingerprint density at radius 2 is 2.18 bits per heavy atom. The molecule has 1 heterocycles. The van der Waals surface area contributed by atoms with Crippen LogP contribution in [0.3, 0.4) is 0 Å². The van der Waals surface area contributed by atoms with Crippen molar-refractivity contribution >= 4 is 26.8 Å². The monoisotopic (exact) mass is 325 g/mol. The molecular formula is C14H16FN3O3S. The maximum atomic E-state index is 13.1. The lowest BCUT2D eigenvalue weighted by molar-refractivity contribution is -0.116. The lowest BCUT2D eigenvalue weighted by Crippen LogP contribution is -2.24. The van der Waals surface area contributed by atoms with Crippen molar-refractivity contribution in [3.63, 3.8) is 0 Å². The van der Waals surface area contributed by atoms with E-state index in [0.717, 1.165) is 29.5 Å². The number of carbonyl (C=O) groups excluding carboxylic acids is 1. The van der Waals surface area contributed by atoms with Gasteiger partial charge in [-0.2, -0.15) is 0 Å². The number of sulfonamides is 1. The Labute approximate surface area is 127 Å². The Morgan fingerprint density at radius 3 is 2.91 bits per heavy atom. The molecule has 0 saturated carbocycles. The number of benzene rings is 1. The average Bonchev–Trinajstić information content (AvgIpc) is 2.79. The lowest BCUT2D eigenvalue weighted by atomic mass is 10.1. The van der Waals surface area contributed by atoms with E-state index in [0.29, 0.717) is 18.5 Å². The molecule has 0 unspecified atom stereocenters. The first-order valence-corrected chi connectivity index (χ1v) is 8.41. The number of aromatic nitrogens is 1. The predicted octanol–water partition coefficient (Wildman–Crippen LogP) is 1.03. The van der Waals surface area contributed by atoms with Gasteiger partial charge in [-0.15, -0.1) is 0 Å². The molecule has 6 nitrogen and oxygen atoms in total. The van der Waals surface area contributed by atoms with Crippen LogP contribution < -0.4 is 10.0 Å². The first-order valence-electron chi connectivity index (χ1n) is 6.52. The third-order valence-corrected chi connectivity index (χ3v) is 3.50. The zero-order valence-corrected chi connectivity index (χ0v) is 12.7. The number of fused-ring (bicyclic) bond motifs is 1. The first kappa shape index (κ1) is 16.0. The van der Waals surface area contributed by atoms with E-state index < -0.39 is 15.9 Å². The van der Waals surface area contributed by atoms with E-state index in [1.807, 2.05) is 0 Å². The maximum absolute atomic E-state index is 13.1. The molecule has 0 bridgehead atoms. The van der Waals surface area contributed by atoms with Crippen molar-refractivity contribution in [2.24, 2.45) is 0 Å². The molecule has 22 heavy (non-hydrogen) atoms. The highest BCUT2D eigenvalue weighted by Gasteiger charge is 2.05. The van der Waals surface area contributed by atoms with Gasteiger partial charge in [-0.3, -0.25) is 9.52 Å². The highest BCUT2D eigenvalue weighted by Crippen LogP contribution is 2.19. The molecule has 3 N–H and O–H groups in total. The summed E-state index contributed by atoms with van der Waals surface area (Å²) in [5.74, 6) is -0.709. The normalized spacial score (nSPS) is 11.9. The van der Waals surface area contributed by atoms with Gasteiger partial charge in [0.2, 0.25) is 15.9 Å². The fraction of sp³-hybridized carbons (Fsp3) is 0.214. The lowest BCUT2D eigenvalue weighted by Gasteiger charge is -2.02. The van der Waals surface area contributed by atoms with Crippen molar-refractivity contribution in [1.29, 1.82) is 0 Å². The summed E-state index contributed by atoms with van der Waals surface area (Å²) in [4.78, 5) is 14.5. The fourth-order valence-electron chi connectivity index (χ4n) is 1.98. The molecule has 0 fully saturated rings. The summed E-state index contributed by atoms with van der Waals surface area (Å²) in [5.41, 5.74) is 1.67. The van der Waals surface area contributed by atoms with Gasteiger partial charge in [0.1, 0.15) is 5.82 Å². The van der Waals surface area contributed by atoms with Crippen LogP contribution in [0.5, 0.6) is 0 Å². The smallest absolute Gasteiger partial charge is 0.245 e. The van der Waals surface area contributed by atoms with Crippen LogP contribution in [-0.2, 0) is 21.2 Å². The van der Waals surface area contributed by atoms with Crippen LogP contribution in [0.15, 0.2) is 36.7 Å². The number of rotatable bonds is 6. The number of halogens is 1. The molecule has 118 valence electrons. The van der Waals surface area contributed by atoms with Gasteiger partial charge in [-0.05, 0) is 30.2 Å². The van der Waals surface area contributed by atoms with E-state index in [2.05, 4.69) is 15.0 Å². The second-order valence-corrected chi connectivity index (χ2v) is 6.55. The number of nitrogens with one attached hydrogen (secondary N) is 3. The summed E-state index contributed by atoms with van der Waals surface area (Å²) >= 11 is 0. The van der Waals surface area contributed by atoms with Gasteiger partial charge in [-0.25, -0.2) is 12.8 Å². The second-order valence-electron chi connectivity index (χ2n) is 4.77. The Hall–Kier alpha value is -2.35. The third kappa shape index (κ3) is 4.59. The standard InChI is InChI=1S/C14H16FN3O3S/c1-22(20,21)18-7-5-14(19)16-6-4-10-9-17-13-8-11(15)2-3-12(10)13/h2-3,5,7-9,17-18H,4,6H2,1H3,(H,16,19). The van der Waals surface area contributed by atoms with Crippen LogP contribution in [0.1, 0.15) is 5.56 Å². The number of amides is 1. The summed E-state index contributed by atoms with van der Waals surface area (Å²) in [7, 11) is -3.36. The molecule has 1 aromatic heterocycles. The van der Waals surface area contributed by atoms with E-state index in [1.165, 1.54) is 12.1 Å². The summed E-state index contributed by atoms with van der Waals surface area (Å²) in [5, 5.41) is 3.54. The van der Waals surface area contributed by atoms with E-state index in [1.54, 1.807) is 12.3 Å². The molecule has 0 aliphatic rings. The maximum Gasteiger partial charge on any atom is 0.245 e. The number of aromatic amines is 1. The Kier molecular flexibility index (Phi) is 4.81.